The van der Waals surface area contributed by atoms with E-state index in [9.17, 15) is 13.2 Å². The van der Waals surface area contributed by atoms with E-state index >= 15 is 0 Å². The number of hydrogen-bond donors (Lipinski definition) is 2. The number of sulfonamides is 1. The van der Waals surface area contributed by atoms with Gasteiger partial charge in [0.15, 0.2) is 0 Å². The predicted molar refractivity (Wildman–Crippen MR) is 94.4 cm³/mol. The summed E-state index contributed by atoms with van der Waals surface area (Å²) in [4.78, 5) is 12.3. The molecule has 0 radical (unpaired) electrons. The molecule has 2 rings (SSSR count). The molecule has 25 heavy (non-hydrogen) atoms. The molecule has 0 fully saturated rings. The second-order valence-electron chi connectivity index (χ2n) is 5.21. The average Bonchev–Trinajstić information content (AvgIpc) is 2.61. The minimum absolute atomic E-state index is 0.0465. The van der Waals surface area contributed by atoms with Gasteiger partial charge in [0, 0.05) is 0 Å². The lowest BCUT2D eigenvalue weighted by Gasteiger charge is -2.16. The third-order valence-electron chi connectivity index (χ3n) is 3.46. The number of para-hydroxylation sites is 2. The van der Waals surface area contributed by atoms with Crippen molar-refractivity contribution in [2.45, 2.75) is 17.9 Å². The molecule has 7 nitrogen and oxygen atoms in total. The van der Waals surface area contributed by atoms with E-state index in [-0.39, 0.29) is 4.90 Å². The molecule has 0 spiro atoms. The van der Waals surface area contributed by atoms with Crippen molar-refractivity contribution in [3.63, 3.8) is 0 Å². The van der Waals surface area contributed by atoms with Crippen LogP contribution < -0.4 is 19.5 Å². The first-order valence-electron chi connectivity index (χ1n) is 7.47. The van der Waals surface area contributed by atoms with Crippen molar-refractivity contribution in [1.29, 1.82) is 0 Å². The van der Waals surface area contributed by atoms with Gasteiger partial charge in [0.2, 0.25) is 15.9 Å². The fraction of sp³-hybridized carbons (Fsp3) is 0.235. The highest BCUT2D eigenvalue weighted by atomic mass is 32.2. The zero-order valence-corrected chi connectivity index (χ0v) is 15.0. The maximum Gasteiger partial charge on any atom is 0.242 e. The largest absolute Gasteiger partial charge is 0.497 e. The van der Waals surface area contributed by atoms with Gasteiger partial charge in [0.05, 0.1) is 30.8 Å². The Balaban J connectivity index is 2.08. The van der Waals surface area contributed by atoms with Crippen LogP contribution in [-0.2, 0) is 14.8 Å². The number of carbonyl (C=O) groups excluding carboxylic acids is 1. The van der Waals surface area contributed by atoms with Gasteiger partial charge in [-0.1, -0.05) is 12.1 Å². The van der Waals surface area contributed by atoms with E-state index in [0.717, 1.165) is 0 Å². The average molecular weight is 364 g/mol. The van der Waals surface area contributed by atoms with Crippen LogP contribution in [0.1, 0.15) is 6.92 Å². The zero-order chi connectivity index (χ0) is 18.4. The summed E-state index contributed by atoms with van der Waals surface area (Å²) in [6.07, 6.45) is 0. The van der Waals surface area contributed by atoms with Crippen molar-refractivity contribution in [1.82, 2.24) is 4.72 Å². The summed E-state index contributed by atoms with van der Waals surface area (Å²) in [6, 6.07) is 11.8. The molecule has 0 saturated heterocycles. The Kier molecular flexibility index (Phi) is 6.00. The van der Waals surface area contributed by atoms with Gasteiger partial charge < -0.3 is 14.8 Å². The smallest absolute Gasteiger partial charge is 0.242 e. The van der Waals surface area contributed by atoms with E-state index in [1.807, 2.05) is 0 Å². The Bertz CT molecular complexity index is 834. The molecule has 2 N–H and O–H groups in total. The Morgan fingerprint density at radius 1 is 1.00 bits per heavy atom. The third kappa shape index (κ3) is 4.71. The second-order valence-corrected chi connectivity index (χ2v) is 6.92. The number of methoxy groups -OCH3 is 2. The zero-order valence-electron chi connectivity index (χ0n) is 14.1. The SMILES string of the molecule is COc1ccc(S(=O)(=O)N[C@@H](C)C(=O)Nc2ccccc2OC)cc1. The Hall–Kier alpha value is -2.58. The number of hydrogen-bond acceptors (Lipinski definition) is 5. The lowest BCUT2D eigenvalue weighted by Crippen LogP contribution is -2.41. The van der Waals surface area contributed by atoms with Gasteiger partial charge in [-0.3, -0.25) is 4.79 Å². The van der Waals surface area contributed by atoms with Gasteiger partial charge in [-0.05, 0) is 43.3 Å². The van der Waals surface area contributed by atoms with Crippen LogP contribution in [0.5, 0.6) is 11.5 Å². The molecule has 0 saturated carbocycles. The molecule has 2 aromatic carbocycles. The molecule has 0 heterocycles. The van der Waals surface area contributed by atoms with Crippen molar-refractivity contribution in [2.24, 2.45) is 0 Å². The van der Waals surface area contributed by atoms with Gasteiger partial charge in [-0.2, -0.15) is 4.72 Å². The molecule has 0 aliphatic heterocycles. The van der Waals surface area contributed by atoms with E-state index in [0.29, 0.717) is 17.2 Å². The highest BCUT2D eigenvalue weighted by Crippen LogP contribution is 2.23. The molecule has 0 unspecified atom stereocenters. The highest BCUT2D eigenvalue weighted by Gasteiger charge is 2.22. The van der Waals surface area contributed by atoms with Gasteiger partial charge in [-0.15, -0.1) is 0 Å². The standard InChI is InChI=1S/C17H20N2O5S/c1-12(17(20)18-15-6-4-5-7-16(15)24-3)19-25(21,22)14-10-8-13(23-2)9-11-14/h4-12,19H,1-3H3,(H,18,20)/t12-/m0/s1. The number of carbonyl (C=O) groups is 1. The molecule has 0 bridgehead atoms. The number of amides is 1. The number of nitrogens with one attached hydrogen (secondary N) is 2. The van der Waals surface area contributed by atoms with Crippen molar-refractivity contribution in [2.75, 3.05) is 19.5 Å². The van der Waals surface area contributed by atoms with E-state index in [1.54, 1.807) is 24.3 Å². The molecule has 1 atom stereocenters. The summed E-state index contributed by atoms with van der Waals surface area (Å²) in [6.45, 7) is 1.46. The van der Waals surface area contributed by atoms with Crippen LogP contribution in [-0.4, -0.2) is 34.6 Å². The predicted octanol–water partition coefficient (Wildman–Crippen LogP) is 2.01. The van der Waals surface area contributed by atoms with Gasteiger partial charge in [-0.25, -0.2) is 8.42 Å². The fourth-order valence-corrected chi connectivity index (χ4v) is 3.30. The Morgan fingerprint density at radius 2 is 1.64 bits per heavy atom. The number of ether oxygens (including phenoxy) is 2. The molecular weight excluding hydrogens is 344 g/mol. The molecule has 0 aliphatic rings. The second kappa shape index (κ2) is 8.00. The van der Waals surface area contributed by atoms with Crippen LogP contribution in [0.4, 0.5) is 5.69 Å². The molecule has 0 aliphatic carbocycles. The Labute approximate surface area is 147 Å². The molecule has 2 aromatic rings. The van der Waals surface area contributed by atoms with E-state index in [2.05, 4.69) is 10.0 Å². The minimum atomic E-state index is -3.84. The lowest BCUT2D eigenvalue weighted by molar-refractivity contribution is -0.117. The number of rotatable bonds is 7. The van der Waals surface area contributed by atoms with Crippen LogP contribution in [0, 0.1) is 0 Å². The molecular formula is C17H20N2O5S. The van der Waals surface area contributed by atoms with Crippen molar-refractivity contribution < 1.29 is 22.7 Å². The van der Waals surface area contributed by atoms with Gasteiger partial charge >= 0.3 is 0 Å². The van der Waals surface area contributed by atoms with Crippen molar-refractivity contribution in [3.05, 3.63) is 48.5 Å². The number of anilines is 1. The molecule has 1 amide bonds. The van der Waals surface area contributed by atoms with E-state index < -0.39 is 22.0 Å². The first kappa shape index (κ1) is 18.8. The van der Waals surface area contributed by atoms with E-state index in [1.165, 1.54) is 45.4 Å². The molecule has 0 aromatic heterocycles. The first-order chi connectivity index (χ1) is 11.9. The Morgan fingerprint density at radius 3 is 2.24 bits per heavy atom. The van der Waals surface area contributed by atoms with Gasteiger partial charge in [0.1, 0.15) is 11.5 Å². The number of benzene rings is 2. The maximum atomic E-state index is 12.4. The topological polar surface area (TPSA) is 93.7 Å². The van der Waals surface area contributed by atoms with Crippen molar-refractivity contribution in [3.8, 4) is 11.5 Å². The normalized spacial score (nSPS) is 12.3. The fourth-order valence-electron chi connectivity index (χ4n) is 2.10. The van der Waals surface area contributed by atoms with Crippen molar-refractivity contribution >= 4 is 21.6 Å². The summed E-state index contributed by atoms with van der Waals surface area (Å²) in [5.41, 5.74) is 0.463. The van der Waals surface area contributed by atoms with Crippen LogP contribution in [0.2, 0.25) is 0 Å². The third-order valence-corrected chi connectivity index (χ3v) is 5.02. The maximum absolute atomic E-state index is 12.4. The molecule has 134 valence electrons. The van der Waals surface area contributed by atoms with Crippen LogP contribution in [0.15, 0.2) is 53.4 Å². The minimum Gasteiger partial charge on any atom is -0.497 e. The quantitative estimate of drug-likeness (QED) is 0.784. The summed E-state index contributed by atoms with van der Waals surface area (Å²) in [7, 11) is -0.856. The lowest BCUT2D eigenvalue weighted by atomic mass is 10.2. The van der Waals surface area contributed by atoms with Crippen LogP contribution >= 0.6 is 0 Å². The highest BCUT2D eigenvalue weighted by molar-refractivity contribution is 7.89. The summed E-state index contributed by atoms with van der Waals surface area (Å²) >= 11 is 0. The molecule has 8 heteroatoms. The van der Waals surface area contributed by atoms with Crippen LogP contribution in [0.25, 0.3) is 0 Å². The monoisotopic (exact) mass is 364 g/mol. The van der Waals surface area contributed by atoms with E-state index in [4.69, 9.17) is 9.47 Å². The summed E-state index contributed by atoms with van der Waals surface area (Å²) in [5.74, 6) is 0.531. The summed E-state index contributed by atoms with van der Waals surface area (Å²) < 4.78 is 37.2. The first-order valence-corrected chi connectivity index (χ1v) is 8.96. The van der Waals surface area contributed by atoms with Gasteiger partial charge in [0.25, 0.3) is 0 Å². The van der Waals surface area contributed by atoms with Crippen LogP contribution in [0.3, 0.4) is 0 Å². The summed E-state index contributed by atoms with van der Waals surface area (Å²) in [5, 5.41) is 2.64.